The molecule has 0 saturated carbocycles. The Labute approximate surface area is 119 Å². The number of amides is 1. The number of rotatable bonds is 5. The van der Waals surface area contributed by atoms with Gasteiger partial charge < -0.3 is 20.1 Å². The van der Waals surface area contributed by atoms with Crippen LogP contribution in [0.5, 0.6) is 5.75 Å². The average molecular weight is 278 g/mol. The van der Waals surface area contributed by atoms with E-state index in [4.69, 9.17) is 9.47 Å². The lowest BCUT2D eigenvalue weighted by Crippen LogP contribution is -2.41. The first-order valence-electron chi connectivity index (χ1n) is 6.84. The topological polar surface area (TPSA) is 59.6 Å². The first kappa shape index (κ1) is 14.8. The Kier molecular flexibility index (Phi) is 4.98. The summed E-state index contributed by atoms with van der Waals surface area (Å²) in [7, 11) is 3.31. The Morgan fingerprint density at radius 1 is 1.35 bits per heavy atom. The zero-order valence-corrected chi connectivity index (χ0v) is 12.2. The minimum atomic E-state index is -0.166. The first-order chi connectivity index (χ1) is 9.63. The van der Waals surface area contributed by atoms with Gasteiger partial charge in [0.2, 0.25) is 5.91 Å². The van der Waals surface area contributed by atoms with Crippen molar-refractivity contribution in [1.29, 1.82) is 0 Å². The molecule has 2 unspecified atom stereocenters. The molecule has 0 spiro atoms. The standard InChI is InChI=1S/C15H22N2O3/c1-10(11-4-6-12(19-2)7-5-11)17-15(18)14-8-13(20-3)9-16-14/h4-7,10,13-14,16H,8-9H2,1-3H3,(H,17,18)/t10-,13?,14?/m0/s1. The van der Waals surface area contributed by atoms with Gasteiger partial charge in [-0.05, 0) is 31.0 Å². The molecule has 1 aliphatic heterocycles. The van der Waals surface area contributed by atoms with Crippen molar-refractivity contribution in [3.8, 4) is 5.75 Å². The number of hydrogen-bond donors (Lipinski definition) is 2. The predicted molar refractivity (Wildman–Crippen MR) is 76.8 cm³/mol. The van der Waals surface area contributed by atoms with E-state index in [9.17, 15) is 4.79 Å². The molecule has 0 bridgehead atoms. The lowest BCUT2D eigenvalue weighted by molar-refractivity contribution is -0.123. The van der Waals surface area contributed by atoms with Gasteiger partial charge in [-0.25, -0.2) is 0 Å². The van der Waals surface area contributed by atoms with Gasteiger partial charge in [-0.15, -0.1) is 0 Å². The first-order valence-corrected chi connectivity index (χ1v) is 6.84. The van der Waals surface area contributed by atoms with Crippen LogP contribution in [0.2, 0.25) is 0 Å². The molecule has 0 radical (unpaired) electrons. The molecule has 110 valence electrons. The Balaban J connectivity index is 1.90. The number of ether oxygens (including phenoxy) is 2. The van der Waals surface area contributed by atoms with E-state index < -0.39 is 0 Å². The molecule has 1 aromatic rings. The highest BCUT2D eigenvalue weighted by Crippen LogP contribution is 2.18. The molecule has 5 nitrogen and oxygen atoms in total. The molecule has 2 rings (SSSR count). The lowest BCUT2D eigenvalue weighted by atomic mass is 10.1. The van der Waals surface area contributed by atoms with Gasteiger partial charge in [0.25, 0.3) is 0 Å². The van der Waals surface area contributed by atoms with E-state index in [1.54, 1.807) is 14.2 Å². The molecular formula is C15H22N2O3. The summed E-state index contributed by atoms with van der Waals surface area (Å²) in [5.74, 6) is 0.834. The molecule has 5 heteroatoms. The van der Waals surface area contributed by atoms with Crippen LogP contribution in [0.3, 0.4) is 0 Å². The van der Waals surface area contributed by atoms with Crippen molar-refractivity contribution in [2.45, 2.75) is 31.5 Å². The van der Waals surface area contributed by atoms with Crippen LogP contribution in [0.1, 0.15) is 24.9 Å². The fourth-order valence-electron chi connectivity index (χ4n) is 2.37. The van der Waals surface area contributed by atoms with Gasteiger partial charge in [-0.2, -0.15) is 0 Å². The third-order valence-corrected chi connectivity index (χ3v) is 3.71. The van der Waals surface area contributed by atoms with Crippen molar-refractivity contribution < 1.29 is 14.3 Å². The van der Waals surface area contributed by atoms with Gasteiger partial charge in [0.1, 0.15) is 5.75 Å². The number of carbonyl (C=O) groups is 1. The molecule has 3 atom stereocenters. The zero-order chi connectivity index (χ0) is 14.5. The van der Waals surface area contributed by atoms with Crippen LogP contribution in [0.15, 0.2) is 24.3 Å². The highest BCUT2D eigenvalue weighted by molar-refractivity contribution is 5.82. The largest absolute Gasteiger partial charge is 0.497 e. The van der Waals surface area contributed by atoms with Gasteiger partial charge >= 0.3 is 0 Å². The number of hydrogen-bond acceptors (Lipinski definition) is 4. The highest BCUT2D eigenvalue weighted by Gasteiger charge is 2.29. The summed E-state index contributed by atoms with van der Waals surface area (Å²) in [6, 6.07) is 7.52. The molecule has 1 aromatic carbocycles. The number of nitrogens with one attached hydrogen (secondary N) is 2. The van der Waals surface area contributed by atoms with Crippen molar-refractivity contribution in [2.24, 2.45) is 0 Å². The Bertz CT molecular complexity index is 447. The second-order valence-corrected chi connectivity index (χ2v) is 5.06. The maximum absolute atomic E-state index is 12.2. The fraction of sp³-hybridized carbons (Fsp3) is 0.533. The van der Waals surface area contributed by atoms with Crippen molar-refractivity contribution in [1.82, 2.24) is 10.6 Å². The molecule has 20 heavy (non-hydrogen) atoms. The van der Waals surface area contributed by atoms with Gasteiger partial charge in [-0.3, -0.25) is 4.79 Å². The SMILES string of the molecule is COc1ccc([C@H](C)NC(=O)C2CC(OC)CN2)cc1. The summed E-state index contributed by atoms with van der Waals surface area (Å²) in [4.78, 5) is 12.2. The molecule has 2 N–H and O–H groups in total. The van der Waals surface area contributed by atoms with Crippen molar-refractivity contribution >= 4 is 5.91 Å². The van der Waals surface area contributed by atoms with E-state index in [1.165, 1.54) is 0 Å². The zero-order valence-electron chi connectivity index (χ0n) is 12.2. The minimum Gasteiger partial charge on any atom is -0.497 e. The van der Waals surface area contributed by atoms with E-state index in [-0.39, 0.29) is 24.1 Å². The van der Waals surface area contributed by atoms with Gasteiger partial charge in [0, 0.05) is 13.7 Å². The summed E-state index contributed by atoms with van der Waals surface area (Å²) < 4.78 is 10.4. The third kappa shape index (κ3) is 3.49. The number of methoxy groups -OCH3 is 2. The summed E-state index contributed by atoms with van der Waals surface area (Å²) >= 11 is 0. The normalized spacial score (nSPS) is 23.4. The fourth-order valence-corrected chi connectivity index (χ4v) is 2.37. The van der Waals surface area contributed by atoms with Crippen molar-refractivity contribution in [3.05, 3.63) is 29.8 Å². The lowest BCUT2D eigenvalue weighted by Gasteiger charge is -2.18. The van der Waals surface area contributed by atoms with E-state index >= 15 is 0 Å². The van der Waals surface area contributed by atoms with Crippen LogP contribution >= 0.6 is 0 Å². The van der Waals surface area contributed by atoms with Crippen molar-refractivity contribution in [3.63, 3.8) is 0 Å². The van der Waals surface area contributed by atoms with E-state index in [2.05, 4.69) is 10.6 Å². The third-order valence-electron chi connectivity index (χ3n) is 3.71. The van der Waals surface area contributed by atoms with Gasteiger partial charge in [0.05, 0.1) is 25.3 Å². The van der Waals surface area contributed by atoms with Crippen LogP contribution < -0.4 is 15.4 Å². The highest BCUT2D eigenvalue weighted by atomic mass is 16.5. The molecule has 1 aliphatic rings. The predicted octanol–water partition coefficient (Wildman–Crippen LogP) is 1.25. The smallest absolute Gasteiger partial charge is 0.237 e. The second kappa shape index (κ2) is 6.72. The van der Waals surface area contributed by atoms with E-state index in [1.807, 2.05) is 31.2 Å². The maximum atomic E-state index is 12.2. The maximum Gasteiger partial charge on any atom is 0.237 e. The van der Waals surface area contributed by atoms with Crippen LogP contribution in [-0.2, 0) is 9.53 Å². The van der Waals surface area contributed by atoms with Gasteiger partial charge in [0.15, 0.2) is 0 Å². The van der Waals surface area contributed by atoms with Gasteiger partial charge in [-0.1, -0.05) is 12.1 Å². The molecule has 1 fully saturated rings. The summed E-state index contributed by atoms with van der Waals surface area (Å²) in [5, 5.41) is 6.20. The summed E-state index contributed by atoms with van der Waals surface area (Å²) in [5.41, 5.74) is 1.06. The summed E-state index contributed by atoms with van der Waals surface area (Å²) in [6.07, 6.45) is 0.847. The Hall–Kier alpha value is -1.59. The Morgan fingerprint density at radius 3 is 2.60 bits per heavy atom. The second-order valence-electron chi connectivity index (χ2n) is 5.06. The number of benzene rings is 1. The van der Waals surface area contributed by atoms with E-state index in [0.29, 0.717) is 0 Å². The molecular weight excluding hydrogens is 256 g/mol. The average Bonchev–Trinajstić information content (AvgIpc) is 2.96. The van der Waals surface area contributed by atoms with E-state index in [0.717, 1.165) is 24.3 Å². The molecule has 1 heterocycles. The minimum absolute atomic E-state index is 0.0212. The molecule has 1 amide bonds. The monoisotopic (exact) mass is 278 g/mol. The van der Waals surface area contributed by atoms with Crippen LogP contribution in [0.4, 0.5) is 0 Å². The molecule has 0 aliphatic carbocycles. The van der Waals surface area contributed by atoms with Crippen molar-refractivity contribution in [2.75, 3.05) is 20.8 Å². The van der Waals surface area contributed by atoms with Crippen LogP contribution in [0.25, 0.3) is 0 Å². The van der Waals surface area contributed by atoms with Crippen LogP contribution in [0, 0.1) is 0 Å². The molecule has 1 saturated heterocycles. The number of carbonyl (C=O) groups excluding carboxylic acids is 1. The Morgan fingerprint density at radius 2 is 2.05 bits per heavy atom. The quantitative estimate of drug-likeness (QED) is 0.851. The summed E-state index contributed by atoms with van der Waals surface area (Å²) in [6.45, 7) is 2.70. The van der Waals surface area contributed by atoms with Crippen LogP contribution in [-0.4, -0.2) is 38.8 Å². The molecule has 0 aromatic heterocycles.